The highest BCUT2D eigenvalue weighted by atomic mass is 32.2. The van der Waals surface area contributed by atoms with E-state index in [1.54, 1.807) is 40.7 Å². The van der Waals surface area contributed by atoms with E-state index < -0.39 is 16.1 Å². The number of aromatic nitrogens is 5. The molecule has 0 bridgehead atoms. The number of fused-ring (bicyclic) bond motifs is 1. The summed E-state index contributed by atoms with van der Waals surface area (Å²) in [6.45, 7) is 0.252. The van der Waals surface area contributed by atoms with Crippen LogP contribution in [0.15, 0.2) is 43.0 Å². The Bertz CT molecular complexity index is 1340. The van der Waals surface area contributed by atoms with Crippen LogP contribution < -0.4 is 9.88 Å². The monoisotopic (exact) mass is 474 g/mol. The van der Waals surface area contributed by atoms with Gasteiger partial charge in [-0.05, 0) is 49.4 Å². The Morgan fingerprint density at radius 1 is 1.28 bits per heavy atom. The average Bonchev–Trinajstić information content (AvgIpc) is 3.16. The van der Waals surface area contributed by atoms with Crippen LogP contribution in [0, 0.1) is 0 Å². The summed E-state index contributed by atoms with van der Waals surface area (Å²) in [5.74, 6) is 0.989. The first-order valence-electron chi connectivity index (χ1n) is 10.2. The van der Waals surface area contributed by atoms with E-state index in [0.717, 1.165) is 29.1 Å². The first kappa shape index (κ1) is 21.1. The van der Waals surface area contributed by atoms with E-state index in [2.05, 4.69) is 15.3 Å². The van der Waals surface area contributed by atoms with Crippen LogP contribution in [0.3, 0.4) is 0 Å². The molecule has 1 aromatic carbocycles. The fraction of sp³-hybridized carbons (Fsp3) is 0.350. The molecule has 1 unspecified atom stereocenters. The zero-order valence-corrected chi connectivity index (χ0v) is 18.7. The number of hydrogen-bond donors (Lipinski definition) is 2. The van der Waals surface area contributed by atoms with Crippen molar-refractivity contribution in [3.63, 3.8) is 0 Å². The van der Waals surface area contributed by atoms with Crippen LogP contribution in [0.5, 0.6) is 5.75 Å². The van der Waals surface area contributed by atoms with Gasteiger partial charge in [0.15, 0.2) is 0 Å². The molecule has 0 saturated heterocycles. The number of primary sulfonamides is 1. The van der Waals surface area contributed by atoms with Crippen LogP contribution in [0.1, 0.15) is 47.5 Å². The third kappa shape index (κ3) is 4.39. The molecule has 1 fully saturated rings. The van der Waals surface area contributed by atoms with Gasteiger partial charge in [-0.2, -0.15) is 0 Å². The molecule has 0 amide bonds. The fourth-order valence-electron chi connectivity index (χ4n) is 3.54. The number of hydrogen-bond acceptors (Lipinski definition) is 8. The maximum absolute atomic E-state index is 11.1. The van der Waals surface area contributed by atoms with Gasteiger partial charge in [0.1, 0.15) is 28.7 Å². The molecule has 5 rings (SSSR count). The van der Waals surface area contributed by atoms with E-state index in [1.807, 2.05) is 22.7 Å². The molecule has 4 aromatic rings. The maximum Gasteiger partial charge on any atom is 0.209 e. The summed E-state index contributed by atoms with van der Waals surface area (Å²) >= 11 is 1.67. The highest BCUT2D eigenvalue weighted by molar-refractivity contribution is 7.89. The van der Waals surface area contributed by atoms with Gasteiger partial charge < -0.3 is 9.84 Å². The Kier molecular flexibility index (Phi) is 5.45. The molecule has 0 radical (unpaired) electrons. The van der Waals surface area contributed by atoms with E-state index in [-0.39, 0.29) is 12.4 Å². The predicted molar refractivity (Wildman–Crippen MR) is 119 cm³/mol. The van der Waals surface area contributed by atoms with Crippen LogP contribution in [-0.2, 0) is 10.0 Å². The lowest BCUT2D eigenvalue weighted by molar-refractivity contribution is 0.208. The summed E-state index contributed by atoms with van der Waals surface area (Å²) in [5.41, 5.74) is 2.04. The molecular formula is C20H22N6O4S2. The minimum absolute atomic E-state index is 0.118. The molecule has 1 atom stereocenters. The Morgan fingerprint density at radius 2 is 2.06 bits per heavy atom. The van der Waals surface area contributed by atoms with Gasteiger partial charge >= 0.3 is 0 Å². The topological polar surface area (TPSA) is 138 Å². The molecule has 3 N–H and O–H groups in total. The van der Waals surface area contributed by atoms with Crippen molar-refractivity contribution >= 4 is 26.2 Å². The van der Waals surface area contributed by atoms with Gasteiger partial charge in [0.05, 0.1) is 36.1 Å². The molecule has 10 nitrogen and oxygen atoms in total. The van der Waals surface area contributed by atoms with Crippen LogP contribution in [0.4, 0.5) is 0 Å². The summed E-state index contributed by atoms with van der Waals surface area (Å²) in [5, 5.41) is 24.5. The number of nitrogens with two attached hydrogens (primary N) is 1. The van der Waals surface area contributed by atoms with E-state index in [4.69, 9.17) is 9.88 Å². The summed E-state index contributed by atoms with van der Waals surface area (Å²) in [7, 11) is -3.48. The van der Waals surface area contributed by atoms with E-state index in [9.17, 15) is 13.5 Å². The van der Waals surface area contributed by atoms with Crippen LogP contribution in [-0.4, -0.2) is 50.3 Å². The Morgan fingerprint density at radius 3 is 2.78 bits per heavy atom. The lowest BCUT2D eigenvalue weighted by Crippen LogP contribution is -2.18. The predicted octanol–water partition coefficient (Wildman–Crippen LogP) is 1.99. The minimum atomic E-state index is -3.48. The van der Waals surface area contributed by atoms with Crippen molar-refractivity contribution in [3.05, 3.63) is 59.3 Å². The number of benzene rings is 1. The third-order valence-electron chi connectivity index (χ3n) is 5.27. The van der Waals surface area contributed by atoms with Crippen molar-refractivity contribution in [1.29, 1.82) is 0 Å². The summed E-state index contributed by atoms with van der Waals surface area (Å²) in [6.07, 6.45) is 6.94. The van der Waals surface area contributed by atoms with Crippen LogP contribution >= 0.6 is 11.3 Å². The maximum atomic E-state index is 11.1. The normalized spacial score (nSPS) is 15.3. The van der Waals surface area contributed by atoms with E-state index in [1.165, 1.54) is 4.88 Å². The molecule has 12 heteroatoms. The third-order valence-corrected chi connectivity index (χ3v) is 7.40. The fourth-order valence-corrected chi connectivity index (χ4v) is 5.36. The smallest absolute Gasteiger partial charge is 0.209 e. The number of rotatable bonds is 9. The quantitative estimate of drug-likeness (QED) is 0.354. The second-order valence-electron chi connectivity index (χ2n) is 7.78. The summed E-state index contributed by atoms with van der Waals surface area (Å²) < 4.78 is 31.0. The van der Waals surface area contributed by atoms with E-state index in [0.29, 0.717) is 23.8 Å². The number of imidazole rings is 1. The zero-order chi connectivity index (χ0) is 22.3. The van der Waals surface area contributed by atoms with E-state index >= 15 is 0 Å². The van der Waals surface area contributed by atoms with Crippen molar-refractivity contribution < 1.29 is 18.3 Å². The highest BCUT2D eigenvalue weighted by Crippen LogP contribution is 2.47. The number of sulfonamides is 1. The van der Waals surface area contributed by atoms with Gasteiger partial charge in [-0.15, -0.1) is 16.4 Å². The molecule has 1 saturated carbocycles. The molecule has 168 valence electrons. The lowest BCUT2D eigenvalue weighted by atomic mass is 10.1. The Hall–Kier alpha value is -2.80. The number of ether oxygens (including phenoxy) is 1. The van der Waals surface area contributed by atoms with Gasteiger partial charge in [-0.1, -0.05) is 5.21 Å². The lowest BCUT2D eigenvalue weighted by Gasteiger charge is -2.09. The number of aliphatic hydroxyl groups is 1. The van der Waals surface area contributed by atoms with Gasteiger partial charge in [-0.25, -0.2) is 23.2 Å². The molecule has 3 aromatic heterocycles. The first-order valence-corrected chi connectivity index (χ1v) is 12.7. The molecule has 0 spiro atoms. The largest absolute Gasteiger partial charge is 0.494 e. The summed E-state index contributed by atoms with van der Waals surface area (Å²) in [6, 6.07) is 7.16. The highest BCUT2D eigenvalue weighted by Gasteiger charge is 2.33. The average molecular weight is 475 g/mol. The second-order valence-corrected chi connectivity index (χ2v) is 10.6. The minimum Gasteiger partial charge on any atom is -0.494 e. The molecule has 1 aliphatic carbocycles. The van der Waals surface area contributed by atoms with Gasteiger partial charge in [0.25, 0.3) is 0 Å². The number of thiazole rings is 1. The van der Waals surface area contributed by atoms with Crippen molar-refractivity contribution in [2.24, 2.45) is 5.14 Å². The summed E-state index contributed by atoms with van der Waals surface area (Å²) in [4.78, 5) is 6.39. The molecule has 3 heterocycles. The first-order chi connectivity index (χ1) is 15.4. The van der Waals surface area contributed by atoms with Gasteiger partial charge in [-0.3, -0.25) is 4.40 Å². The number of nitrogens with zero attached hydrogens (tertiary/aromatic N) is 5. The molecule has 1 aliphatic rings. The van der Waals surface area contributed by atoms with Crippen molar-refractivity contribution in [2.45, 2.75) is 31.3 Å². The van der Waals surface area contributed by atoms with Gasteiger partial charge in [0, 0.05) is 4.88 Å². The van der Waals surface area contributed by atoms with Crippen molar-refractivity contribution in [1.82, 2.24) is 24.4 Å². The standard InChI is InChI=1S/C20H22N6O4S2/c21-32(28,29)9-1-8-30-15-6-4-14(5-7-15)26-11-16(23-24-26)19(27)18-20(13-2-3-13)31-17-10-22-12-25(17)18/h4-7,10-13,19,27H,1-3,8-9H2,(H2,21,28,29). The molecule has 0 aliphatic heterocycles. The molecule has 32 heavy (non-hydrogen) atoms. The Balaban J connectivity index is 1.30. The van der Waals surface area contributed by atoms with Crippen molar-refractivity contribution in [3.8, 4) is 11.4 Å². The number of aliphatic hydroxyl groups excluding tert-OH is 1. The Labute approximate surface area is 188 Å². The van der Waals surface area contributed by atoms with Crippen LogP contribution in [0.2, 0.25) is 0 Å². The zero-order valence-electron chi connectivity index (χ0n) is 17.0. The second kappa shape index (κ2) is 8.28. The van der Waals surface area contributed by atoms with Gasteiger partial charge in [0.2, 0.25) is 10.0 Å². The molecular weight excluding hydrogens is 452 g/mol. The van der Waals surface area contributed by atoms with Crippen molar-refractivity contribution in [2.75, 3.05) is 12.4 Å². The SMILES string of the molecule is NS(=O)(=O)CCCOc1ccc(-n2cc(C(O)c3c(C4CC4)sc4cncn34)nn2)cc1. The van der Waals surface area contributed by atoms with Crippen LogP contribution in [0.25, 0.3) is 10.5 Å².